The Balaban J connectivity index is 2.43. The van der Waals surface area contributed by atoms with Crippen molar-refractivity contribution >= 4 is 5.82 Å². The van der Waals surface area contributed by atoms with Crippen LogP contribution in [0.25, 0.3) is 11.4 Å². The number of aromatic nitrogens is 4. The van der Waals surface area contributed by atoms with Gasteiger partial charge < -0.3 is 0 Å². The van der Waals surface area contributed by atoms with Gasteiger partial charge >= 0.3 is 0 Å². The van der Waals surface area contributed by atoms with E-state index < -0.39 is 0 Å². The number of fused-ring (bicyclic) bond motifs is 3. The zero-order chi connectivity index (χ0) is 7.97. The van der Waals surface area contributed by atoms with Crippen molar-refractivity contribution in [3.05, 3.63) is 12.5 Å². The lowest BCUT2D eigenvalue weighted by atomic mass is 10.3. The van der Waals surface area contributed by atoms with Gasteiger partial charge in [-0.1, -0.05) is 0 Å². The van der Waals surface area contributed by atoms with E-state index in [1.54, 1.807) is 12.5 Å². The Bertz CT molecular complexity index is 430. The molecule has 0 fully saturated rings. The SMILES string of the molecule is c1nnc2ncn3c(c1-2)N=NC3. The van der Waals surface area contributed by atoms with E-state index in [9.17, 15) is 0 Å². The molecule has 3 heterocycles. The van der Waals surface area contributed by atoms with Crippen molar-refractivity contribution in [1.29, 1.82) is 0 Å². The molecule has 0 unspecified atom stereocenters. The fourth-order valence-electron chi connectivity index (χ4n) is 1.22. The molecule has 0 aromatic heterocycles. The molecule has 0 spiro atoms. The van der Waals surface area contributed by atoms with Crippen LogP contribution in [0, 0.1) is 0 Å². The number of hydrogen-bond acceptors (Lipinski definition) is 5. The van der Waals surface area contributed by atoms with Gasteiger partial charge in [-0.25, -0.2) is 4.98 Å². The summed E-state index contributed by atoms with van der Waals surface area (Å²) in [5.74, 6) is 1.42. The molecular weight excluding hydrogens is 156 g/mol. The van der Waals surface area contributed by atoms with Crippen LogP contribution >= 0.6 is 0 Å². The fourth-order valence-corrected chi connectivity index (χ4v) is 1.22. The number of nitrogens with zero attached hydrogens (tertiary/aromatic N) is 6. The van der Waals surface area contributed by atoms with Gasteiger partial charge in [0.05, 0.1) is 11.8 Å². The minimum absolute atomic E-state index is 0.545. The Kier molecular flexibility index (Phi) is 0.885. The Morgan fingerprint density at radius 2 is 2.42 bits per heavy atom. The minimum atomic E-state index is 0.545. The van der Waals surface area contributed by atoms with Crippen LogP contribution in [-0.2, 0) is 6.67 Å². The largest absolute Gasteiger partial charge is 0.292 e. The second kappa shape index (κ2) is 1.84. The molecule has 0 aromatic carbocycles. The molecule has 6 nitrogen and oxygen atoms in total. The molecule has 0 atom stereocenters. The molecule has 0 aromatic rings. The van der Waals surface area contributed by atoms with Crippen LogP contribution in [-0.4, -0.2) is 19.7 Å². The third-order valence-electron chi connectivity index (χ3n) is 1.79. The molecule has 3 aliphatic rings. The fraction of sp³-hybridized carbons (Fsp3) is 0.167. The quantitative estimate of drug-likeness (QED) is 0.573. The van der Waals surface area contributed by atoms with Crippen LogP contribution in [0.5, 0.6) is 0 Å². The van der Waals surface area contributed by atoms with Crippen LogP contribution in [0.4, 0.5) is 5.82 Å². The summed E-state index contributed by atoms with van der Waals surface area (Å²) in [6.45, 7) is 0.545. The van der Waals surface area contributed by atoms with E-state index >= 15 is 0 Å². The average molecular weight is 160 g/mol. The topological polar surface area (TPSA) is 68.3 Å². The molecule has 12 heavy (non-hydrogen) atoms. The first-order valence-electron chi connectivity index (χ1n) is 3.49. The van der Waals surface area contributed by atoms with Crippen molar-refractivity contribution < 1.29 is 0 Å². The molecule has 3 rings (SSSR count). The van der Waals surface area contributed by atoms with Gasteiger partial charge in [0.1, 0.15) is 13.0 Å². The van der Waals surface area contributed by atoms with E-state index in [2.05, 4.69) is 25.4 Å². The van der Waals surface area contributed by atoms with Crippen molar-refractivity contribution in [2.75, 3.05) is 0 Å². The van der Waals surface area contributed by atoms with E-state index in [0.717, 1.165) is 11.4 Å². The van der Waals surface area contributed by atoms with Gasteiger partial charge in [-0.15, -0.1) is 10.2 Å². The molecule has 0 radical (unpaired) electrons. The standard InChI is InChI=1S/C6H4N6/c1-4-5(10-8-1)7-2-12-3-9-11-6(4)12/h1-2H,3H2. The van der Waals surface area contributed by atoms with Crippen molar-refractivity contribution in [3.63, 3.8) is 0 Å². The summed E-state index contributed by atoms with van der Waals surface area (Å²) in [6.07, 6.45) is 3.32. The molecule has 0 N–H and O–H groups in total. The maximum atomic E-state index is 4.08. The maximum absolute atomic E-state index is 4.08. The molecule has 0 saturated heterocycles. The Morgan fingerprint density at radius 3 is 3.42 bits per heavy atom. The summed E-state index contributed by atoms with van der Waals surface area (Å²) in [4.78, 5) is 4.08. The molecule has 0 saturated carbocycles. The zero-order valence-corrected chi connectivity index (χ0v) is 6.05. The highest BCUT2D eigenvalue weighted by atomic mass is 15.3. The third-order valence-corrected chi connectivity index (χ3v) is 1.79. The number of azo groups is 1. The van der Waals surface area contributed by atoms with Gasteiger partial charge in [0.25, 0.3) is 0 Å². The first kappa shape index (κ1) is 5.76. The third kappa shape index (κ3) is 0.565. The monoisotopic (exact) mass is 160 g/mol. The first-order valence-corrected chi connectivity index (χ1v) is 3.49. The van der Waals surface area contributed by atoms with Gasteiger partial charge in [-0.05, 0) is 0 Å². The summed E-state index contributed by atoms with van der Waals surface area (Å²) >= 11 is 0. The molecule has 3 aliphatic heterocycles. The predicted octanol–water partition coefficient (Wildman–Crippen LogP) is 0.833. The average Bonchev–Trinajstić information content (AvgIpc) is 2.71. The maximum Gasteiger partial charge on any atom is 0.188 e. The minimum Gasteiger partial charge on any atom is -0.292 e. The Morgan fingerprint density at radius 1 is 1.42 bits per heavy atom. The second-order valence-electron chi connectivity index (χ2n) is 2.50. The van der Waals surface area contributed by atoms with Crippen molar-refractivity contribution in [2.24, 2.45) is 10.2 Å². The summed E-state index contributed by atoms with van der Waals surface area (Å²) in [7, 11) is 0. The summed E-state index contributed by atoms with van der Waals surface area (Å²) < 4.78 is 1.85. The van der Waals surface area contributed by atoms with E-state index in [1.807, 2.05) is 4.57 Å². The van der Waals surface area contributed by atoms with Crippen molar-refractivity contribution in [3.8, 4) is 11.4 Å². The summed E-state index contributed by atoms with van der Waals surface area (Å²) in [6, 6.07) is 0. The van der Waals surface area contributed by atoms with E-state index in [-0.39, 0.29) is 0 Å². The van der Waals surface area contributed by atoms with Crippen LogP contribution in [0.1, 0.15) is 0 Å². The normalized spacial score (nSPS) is 14.0. The van der Waals surface area contributed by atoms with Gasteiger partial charge in [-0.3, -0.25) is 4.57 Å². The highest BCUT2D eigenvalue weighted by molar-refractivity contribution is 5.67. The first-order chi connectivity index (χ1) is 5.95. The van der Waals surface area contributed by atoms with Gasteiger partial charge in [0, 0.05) is 0 Å². The van der Waals surface area contributed by atoms with E-state index in [4.69, 9.17) is 0 Å². The Hall–Kier alpha value is -1.85. The smallest absolute Gasteiger partial charge is 0.188 e. The van der Waals surface area contributed by atoms with Crippen LogP contribution in [0.2, 0.25) is 0 Å². The molecule has 6 heteroatoms. The Labute approximate surface area is 67.3 Å². The lowest BCUT2D eigenvalue weighted by Crippen LogP contribution is -1.96. The zero-order valence-electron chi connectivity index (χ0n) is 6.05. The van der Waals surface area contributed by atoms with Gasteiger partial charge in [0.2, 0.25) is 0 Å². The highest BCUT2D eigenvalue weighted by Gasteiger charge is 2.17. The predicted molar refractivity (Wildman–Crippen MR) is 39.0 cm³/mol. The number of hydrogen-bond donors (Lipinski definition) is 0. The second-order valence-corrected chi connectivity index (χ2v) is 2.50. The lowest BCUT2D eigenvalue weighted by Gasteiger charge is -2.01. The van der Waals surface area contributed by atoms with Crippen LogP contribution < -0.4 is 0 Å². The van der Waals surface area contributed by atoms with Gasteiger partial charge in [0.15, 0.2) is 11.6 Å². The molecular formula is C6H4N6. The van der Waals surface area contributed by atoms with Crippen molar-refractivity contribution in [2.45, 2.75) is 6.67 Å². The summed E-state index contributed by atoms with van der Waals surface area (Å²) in [5, 5.41) is 15.4. The molecule has 0 amide bonds. The van der Waals surface area contributed by atoms with Crippen molar-refractivity contribution in [1.82, 2.24) is 19.7 Å². The molecule has 0 aliphatic carbocycles. The summed E-state index contributed by atoms with van der Waals surface area (Å²) in [5.41, 5.74) is 0.860. The highest BCUT2D eigenvalue weighted by Crippen LogP contribution is 2.31. The van der Waals surface area contributed by atoms with Crippen LogP contribution in [0.15, 0.2) is 22.8 Å². The molecule has 58 valence electrons. The molecule has 0 bridgehead atoms. The number of rotatable bonds is 0. The van der Waals surface area contributed by atoms with E-state index in [1.165, 1.54) is 0 Å². The lowest BCUT2D eigenvalue weighted by molar-refractivity contribution is 0.752. The van der Waals surface area contributed by atoms with Gasteiger partial charge in [-0.2, -0.15) is 10.2 Å². The van der Waals surface area contributed by atoms with E-state index in [0.29, 0.717) is 12.5 Å². The van der Waals surface area contributed by atoms with Crippen LogP contribution in [0.3, 0.4) is 0 Å².